The van der Waals surface area contributed by atoms with Crippen molar-refractivity contribution < 1.29 is 14.4 Å². The number of rotatable bonds is 3. The number of hydrogen-bond acceptors (Lipinski definition) is 4. The topological polar surface area (TPSA) is 79.4 Å². The van der Waals surface area contributed by atoms with Gasteiger partial charge in [-0.25, -0.2) is 0 Å². The lowest BCUT2D eigenvalue weighted by molar-refractivity contribution is -0.119. The predicted molar refractivity (Wildman–Crippen MR) is 96.8 cm³/mol. The summed E-state index contributed by atoms with van der Waals surface area (Å²) < 4.78 is 0. The van der Waals surface area contributed by atoms with Crippen molar-refractivity contribution in [2.24, 2.45) is 0 Å². The maximum absolute atomic E-state index is 12.7. The Morgan fingerprint density at radius 1 is 0.962 bits per heavy atom. The van der Waals surface area contributed by atoms with Gasteiger partial charge in [-0.05, 0) is 31.2 Å². The number of nitrogens with one attached hydrogen (secondary N) is 1. The van der Waals surface area contributed by atoms with Gasteiger partial charge in [-0.3, -0.25) is 24.3 Å². The van der Waals surface area contributed by atoms with Gasteiger partial charge in [-0.15, -0.1) is 0 Å². The molecule has 0 bridgehead atoms. The predicted octanol–water partition coefficient (Wildman–Crippen LogP) is 2.86. The molecule has 6 nitrogen and oxygen atoms in total. The summed E-state index contributed by atoms with van der Waals surface area (Å²) in [5.74, 6) is -1.36. The molecule has 0 fully saturated rings. The summed E-state index contributed by atoms with van der Waals surface area (Å²) in [7, 11) is 0. The van der Waals surface area contributed by atoms with Crippen molar-refractivity contribution in [3.63, 3.8) is 0 Å². The minimum absolute atomic E-state index is 0.323. The van der Waals surface area contributed by atoms with Crippen LogP contribution in [0.25, 0.3) is 10.9 Å². The second-order valence-corrected chi connectivity index (χ2v) is 6.07. The van der Waals surface area contributed by atoms with E-state index in [0.29, 0.717) is 22.3 Å². The minimum atomic E-state index is -0.943. The molecule has 4 rings (SSSR count). The molecular formula is C20H15N3O3. The highest BCUT2D eigenvalue weighted by Crippen LogP contribution is 2.26. The summed E-state index contributed by atoms with van der Waals surface area (Å²) in [6.07, 6.45) is 1.64. The Hall–Kier alpha value is -3.54. The zero-order valence-corrected chi connectivity index (χ0v) is 14.0. The maximum atomic E-state index is 12.7. The number of carbonyl (C=O) groups excluding carboxylic acids is 3. The van der Waals surface area contributed by atoms with Crippen molar-refractivity contribution in [1.29, 1.82) is 0 Å². The van der Waals surface area contributed by atoms with Crippen LogP contribution in [0.15, 0.2) is 60.8 Å². The smallest absolute Gasteiger partial charge is 0.262 e. The van der Waals surface area contributed by atoms with Crippen LogP contribution in [0.3, 0.4) is 0 Å². The molecule has 0 unspecified atom stereocenters. The first kappa shape index (κ1) is 16.0. The van der Waals surface area contributed by atoms with E-state index in [2.05, 4.69) is 10.3 Å². The van der Waals surface area contributed by atoms with Crippen molar-refractivity contribution in [2.45, 2.75) is 13.0 Å². The summed E-state index contributed by atoms with van der Waals surface area (Å²) >= 11 is 0. The van der Waals surface area contributed by atoms with E-state index < -0.39 is 23.8 Å². The lowest BCUT2D eigenvalue weighted by atomic mass is 10.1. The molecule has 1 aliphatic heterocycles. The van der Waals surface area contributed by atoms with Gasteiger partial charge < -0.3 is 5.32 Å². The van der Waals surface area contributed by atoms with Crippen molar-refractivity contribution in [1.82, 2.24) is 9.88 Å². The molecule has 128 valence electrons. The zero-order chi connectivity index (χ0) is 18.3. The molecule has 3 amide bonds. The molecular weight excluding hydrogens is 330 g/mol. The first-order chi connectivity index (χ1) is 12.6. The van der Waals surface area contributed by atoms with Gasteiger partial charge >= 0.3 is 0 Å². The fraction of sp³-hybridized carbons (Fsp3) is 0.100. The molecule has 0 spiro atoms. The summed E-state index contributed by atoms with van der Waals surface area (Å²) in [4.78, 5) is 43.1. The fourth-order valence-corrected chi connectivity index (χ4v) is 3.12. The highest BCUT2D eigenvalue weighted by molar-refractivity contribution is 6.23. The number of carbonyl (C=O) groups is 3. The highest BCUT2D eigenvalue weighted by Gasteiger charge is 2.40. The molecule has 1 N–H and O–H groups in total. The maximum Gasteiger partial charge on any atom is 0.262 e. The third kappa shape index (κ3) is 2.43. The van der Waals surface area contributed by atoms with E-state index in [9.17, 15) is 14.4 Å². The zero-order valence-electron chi connectivity index (χ0n) is 14.0. The summed E-state index contributed by atoms with van der Waals surface area (Å²) in [5.41, 5.74) is 1.84. The van der Waals surface area contributed by atoms with E-state index in [1.165, 1.54) is 6.92 Å². The second-order valence-electron chi connectivity index (χ2n) is 6.07. The van der Waals surface area contributed by atoms with Crippen LogP contribution in [0.4, 0.5) is 5.69 Å². The van der Waals surface area contributed by atoms with E-state index in [1.54, 1.807) is 36.5 Å². The Bertz CT molecular complexity index is 1020. The molecule has 0 saturated heterocycles. The summed E-state index contributed by atoms with van der Waals surface area (Å²) in [5, 5.41) is 3.67. The third-order valence-corrected chi connectivity index (χ3v) is 4.48. The van der Waals surface area contributed by atoms with Crippen LogP contribution in [-0.2, 0) is 4.79 Å². The quantitative estimate of drug-likeness (QED) is 0.740. The number of para-hydroxylation sites is 1. The van der Waals surface area contributed by atoms with Gasteiger partial charge in [0.2, 0.25) is 5.91 Å². The van der Waals surface area contributed by atoms with Crippen LogP contribution in [-0.4, -0.2) is 33.6 Å². The number of aromatic nitrogens is 1. The van der Waals surface area contributed by atoms with Gasteiger partial charge in [0.15, 0.2) is 0 Å². The van der Waals surface area contributed by atoms with Gasteiger partial charge in [0.05, 0.1) is 22.3 Å². The molecule has 6 heteroatoms. The fourth-order valence-electron chi connectivity index (χ4n) is 3.12. The van der Waals surface area contributed by atoms with Crippen molar-refractivity contribution in [3.8, 4) is 0 Å². The molecule has 26 heavy (non-hydrogen) atoms. The number of anilines is 1. The Morgan fingerprint density at radius 2 is 1.62 bits per heavy atom. The van der Waals surface area contributed by atoms with Crippen molar-refractivity contribution in [2.75, 3.05) is 5.32 Å². The summed E-state index contributed by atoms with van der Waals surface area (Å²) in [6, 6.07) is 14.8. The monoisotopic (exact) mass is 345 g/mol. The Morgan fingerprint density at radius 3 is 2.31 bits per heavy atom. The second kappa shape index (κ2) is 6.07. The van der Waals surface area contributed by atoms with E-state index in [4.69, 9.17) is 0 Å². The van der Waals surface area contributed by atoms with Crippen molar-refractivity contribution >= 4 is 34.3 Å². The van der Waals surface area contributed by atoms with Crippen LogP contribution in [0, 0.1) is 0 Å². The number of nitrogens with zero attached hydrogens (tertiary/aromatic N) is 2. The molecule has 0 radical (unpaired) electrons. The van der Waals surface area contributed by atoms with Crippen LogP contribution in [0.1, 0.15) is 27.6 Å². The Labute approximate surface area is 149 Å². The molecule has 1 aromatic heterocycles. The van der Waals surface area contributed by atoms with Gasteiger partial charge in [0, 0.05) is 11.6 Å². The van der Waals surface area contributed by atoms with E-state index in [0.717, 1.165) is 10.3 Å². The van der Waals surface area contributed by atoms with Gasteiger partial charge in [-0.2, -0.15) is 0 Å². The number of pyridine rings is 1. The molecule has 1 aliphatic rings. The Kier molecular flexibility index (Phi) is 3.73. The average molecular weight is 345 g/mol. The molecule has 1 atom stereocenters. The van der Waals surface area contributed by atoms with Gasteiger partial charge in [-0.1, -0.05) is 30.3 Å². The SMILES string of the molecule is C[C@@H](C(=O)Nc1cccc2cccnc12)N1C(=O)c2ccccc2C1=O. The van der Waals surface area contributed by atoms with Crippen LogP contribution in [0.2, 0.25) is 0 Å². The molecule has 3 aromatic rings. The molecule has 2 heterocycles. The van der Waals surface area contributed by atoms with E-state index >= 15 is 0 Å². The van der Waals surface area contributed by atoms with Crippen LogP contribution < -0.4 is 5.32 Å². The number of imide groups is 1. The van der Waals surface area contributed by atoms with E-state index in [-0.39, 0.29) is 0 Å². The lowest BCUT2D eigenvalue weighted by Gasteiger charge is -2.22. The van der Waals surface area contributed by atoms with Gasteiger partial charge in [0.25, 0.3) is 11.8 Å². The molecule has 2 aromatic carbocycles. The summed E-state index contributed by atoms with van der Waals surface area (Å²) in [6.45, 7) is 1.54. The number of fused-ring (bicyclic) bond motifs is 2. The number of hydrogen-bond donors (Lipinski definition) is 1. The van der Waals surface area contributed by atoms with Crippen LogP contribution in [0.5, 0.6) is 0 Å². The standard InChI is InChI=1S/C20H15N3O3/c1-12(23-19(25)14-8-2-3-9-15(14)20(23)26)18(24)22-16-10-4-6-13-7-5-11-21-17(13)16/h2-12H,1H3,(H,22,24)/t12-/m0/s1. The lowest BCUT2D eigenvalue weighted by Crippen LogP contribution is -2.45. The molecule has 0 saturated carbocycles. The molecule has 0 aliphatic carbocycles. The minimum Gasteiger partial charge on any atom is -0.322 e. The first-order valence-corrected chi connectivity index (χ1v) is 8.19. The number of amides is 3. The van der Waals surface area contributed by atoms with E-state index in [1.807, 2.05) is 24.3 Å². The largest absolute Gasteiger partial charge is 0.322 e. The third-order valence-electron chi connectivity index (χ3n) is 4.48. The van der Waals surface area contributed by atoms with Crippen LogP contribution >= 0.6 is 0 Å². The highest BCUT2D eigenvalue weighted by atomic mass is 16.2. The average Bonchev–Trinajstić information content (AvgIpc) is 2.92. The van der Waals surface area contributed by atoms with Gasteiger partial charge in [0.1, 0.15) is 6.04 Å². The number of benzene rings is 2. The normalized spacial score (nSPS) is 14.4. The Balaban J connectivity index is 1.61. The first-order valence-electron chi connectivity index (χ1n) is 8.19. The van der Waals surface area contributed by atoms with Crippen molar-refractivity contribution in [3.05, 3.63) is 71.9 Å².